The highest BCUT2D eigenvalue weighted by Gasteiger charge is 2.04. The summed E-state index contributed by atoms with van der Waals surface area (Å²) in [6.45, 7) is 2.45. The number of anilines is 3. The highest BCUT2D eigenvalue weighted by molar-refractivity contribution is 6.30. The molecule has 0 aliphatic heterocycles. The molecule has 0 aliphatic carbocycles. The smallest absolute Gasteiger partial charge is 0.224 e. The molecule has 4 nitrogen and oxygen atoms in total. The van der Waals surface area contributed by atoms with E-state index in [1.807, 2.05) is 43.3 Å². The molecular formula is C19H18ClFN4. The molecule has 0 saturated carbocycles. The Labute approximate surface area is 151 Å². The lowest BCUT2D eigenvalue weighted by Crippen LogP contribution is -2.10. The van der Waals surface area contributed by atoms with E-state index in [-0.39, 0.29) is 5.82 Å². The third kappa shape index (κ3) is 4.90. The zero-order valence-corrected chi connectivity index (χ0v) is 14.5. The molecule has 0 radical (unpaired) electrons. The van der Waals surface area contributed by atoms with Crippen LogP contribution >= 0.6 is 11.6 Å². The monoisotopic (exact) mass is 356 g/mol. The van der Waals surface area contributed by atoms with Crippen molar-refractivity contribution in [3.05, 3.63) is 76.7 Å². The van der Waals surface area contributed by atoms with Gasteiger partial charge in [0.1, 0.15) is 11.6 Å². The van der Waals surface area contributed by atoms with Crippen LogP contribution in [-0.4, -0.2) is 16.5 Å². The number of nitrogens with zero attached hydrogens (tertiary/aromatic N) is 2. The molecule has 0 bridgehead atoms. The van der Waals surface area contributed by atoms with Gasteiger partial charge in [-0.25, -0.2) is 9.37 Å². The Kier molecular flexibility index (Phi) is 5.46. The SMILES string of the molecule is Cc1cc(Nc2ccc(Cl)cc2)nc(NCCc2ccccc2F)n1. The fraction of sp³-hybridized carbons (Fsp3) is 0.158. The van der Waals surface area contributed by atoms with Crippen LogP contribution in [0.25, 0.3) is 0 Å². The zero-order valence-electron chi connectivity index (χ0n) is 13.8. The van der Waals surface area contributed by atoms with Crippen LogP contribution in [-0.2, 0) is 6.42 Å². The molecule has 25 heavy (non-hydrogen) atoms. The summed E-state index contributed by atoms with van der Waals surface area (Å²) in [7, 11) is 0. The number of nitrogens with one attached hydrogen (secondary N) is 2. The van der Waals surface area contributed by atoms with E-state index in [0.29, 0.717) is 35.3 Å². The second-order valence-corrected chi connectivity index (χ2v) is 6.05. The molecular weight excluding hydrogens is 339 g/mol. The molecule has 0 atom stereocenters. The first kappa shape index (κ1) is 17.2. The zero-order chi connectivity index (χ0) is 17.6. The number of aryl methyl sites for hydroxylation is 1. The van der Waals surface area contributed by atoms with Crippen LogP contribution < -0.4 is 10.6 Å². The molecule has 0 fully saturated rings. The van der Waals surface area contributed by atoms with E-state index < -0.39 is 0 Å². The molecule has 3 rings (SSSR count). The van der Waals surface area contributed by atoms with Crippen molar-refractivity contribution in [1.29, 1.82) is 0 Å². The van der Waals surface area contributed by atoms with Crippen LogP contribution in [0.15, 0.2) is 54.6 Å². The summed E-state index contributed by atoms with van der Waals surface area (Å²) in [4.78, 5) is 8.81. The summed E-state index contributed by atoms with van der Waals surface area (Å²) in [5, 5.41) is 7.05. The average Bonchev–Trinajstić information content (AvgIpc) is 2.58. The van der Waals surface area contributed by atoms with Gasteiger partial charge in [0.25, 0.3) is 0 Å². The van der Waals surface area contributed by atoms with E-state index in [9.17, 15) is 4.39 Å². The first-order chi connectivity index (χ1) is 12.1. The van der Waals surface area contributed by atoms with Gasteiger partial charge in [0.05, 0.1) is 0 Å². The fourth-order valence-corrected chi connectivity index (χ4v) is 2.53. The van der Waals surface area contributed by atoms with Gasteiger partial charge in [0, 0.05) is 29.0 Å². The van der Waals surface area contributed by atoms with Crippen molar-refractivity contribution in [3.63, 3.8) is 0 Å². The Morgan fingerprint density at radius 3 is 2.56 bits per heavy atom. The molecule has 2 aromatic carbocycles. The minimum Gasteiger partial charge on any atom is -0.354 e. The summed E-state index contributed by atoms with van der Waals surface area (Å²) in [5.74, 6) is 0.996. The van der Waals surface area contributed by atoms with E-state index in [4.69, 9.17) is 11.6 Å². The van der Waals surface area contributed by atoms with Gasteiger partial charge in [-0.1, -0.05) is 29.8 Å². The van der Waals surface area contributed by atoms with Gasteiger partial charge in [-0.3, -0.25) is 0 Å². The Morgan fingerprint density at radius 2 is 1.80 bits per heavy atom. The van der Waals surface area contributed by atoms with E-state index >= 15 is 0 Å². The van der Waals surface area contributed by atoms with Crippen molar-refractivity contribution in [1.82, 2.24) is 9.97 Å². The second-order valence-electron chi connectivity index (χ2n) is 5.62. The van der Waals surface area contributed by atoms with Crippen LogP contribution in [0.2, 0.25) is 5.02 Å². The van der Waals surface area contributed by atoms with Gasteiger partial charge in [-0.05, 0) is 49.2 Å². The highest BCUT2D eigenvalue weighted by atomic mass is 35.5. The Hall–Kier alpha value is -2.66. The first-order valence-electron chi connectivity index (χ1n) is 7.96. The maximum absolute atomic E-state index is 13.6. The average molecular weight is 357 g/mol. The van der Waals surface area contributed by atoms with Gasteiger partial charge >= 0.3 is 0 Å². The minimum absolute atomic E-state index is 0.195. The number of rotatable bonds is 6. The standard InChI is InChI=1S/C19H18ClFN4/c1-13-12-18(24-16-8-6-15(20)7-9-16)25-19(23-13)22-11-10-14-4-2-3-5-17(14)21/h2-9,12H,10-11H2,1H3,(H2,22,23,24,25). The Balaban J connectivity index is 1.65. The molecule has 0 spiro atoms. The maximum atomic E-state index is 13.6. The van der Waals surface area contributed by atoms with Crippen molar-refractivity contribution in [2.75, 3.05) is 17.2 Å². The van der Waals surface area contributed by atoms with E-state index in [0.717, 1.165) is 11.4 Å². The third-order valence-corrected chi connectivity index (χ3v) is 3.86. The minimum atomic E-state index is -0.195. The number of halogens is 2. The second kappa shape index (κ2) is 7.94. The maximum Gasteiger partial charge on any atom is 0.224 e. The van der Waals surface area contributed by atoms with Crippen molar-refractivity contribution >= 4 is 29.1 Å². The normalized spacial score (nSPS) is 10.5. The van der Waals surface area contributed by atoms with Crippen molar-refractivity contribution in [2.45, 2.75) is 13.3 Å². The number of benzene rings is 2. The summed E-state index contributed by atoms with van der Waals surface area (Å²) in [6.07, 6.45) is 0.559. The molecule has 0 saturated heterocycles. The molecule has 0 unspecified atom stereocenters. The van der Waals surface area contributed by atoms with Crippen molar-refractivity contribution in [2.24, 2.45) is 0 Å². The van der Waals surface area contributed by atoms with Gasteiger partial charge < -0.3 is 10.6 Å². The van der Waals surface area contributed by atoms with Gasteiger partial charge in [0.2, 0.25) is 5.95 Å². The summed E-state index contributed by atoms with van der Waals surface area (Å²) < 4.78 is 13.6. The fourth-order valence-electron chi connectivity index (χ4n) is 2.40. The Bertz CT molecular complexity index is 852. The summed E-state index contributed by atoms with van der Waals surface area (Å²) >= 11 is 5.89. The van der Waals surface area contributed by atoms with Gasteiger partial charge in [0.15, 0.2) is 0 Å². The lowest BCUT2D eigenvalue weighted by molar-refractivity contribution is 0.610. The summed E-state index contributed by atoms with van der Waals surface area (Å²) in [5.41, 5.74) is 2.39. The number of aromatic nitrogens is 2. The summed E-state index contributed by atoms with van der Waals surface area (Å²) in [6, 6.07) is 16.0. The molecule has 6 heteroatoms. The van der Waals surface area contributed by atoms with Gasteiger partial charge in [-0.15, -0.1) is 0 Å². The van der Waals surface area contributed by atoms with Crippen LogP contribution in [0.4, 0.5) is 21.8 Å². The quantitative estimate of drug-likeness (QED) is 0.654. The largest absolute Gasteiger partial charge is 0.354 e. The lowest BCUT2D eigenvalue weighted by atomic mass is 10.1. The van der Waals surface area contributed by atoms with Crippen molar-refractivity contribution < 1.29 is 4.39 Å². The molecule has 128 valence electrons. The number of hydrogen-bond acceptors (Lipinski definition) is 4. The molecule has 1 heterocycles. The van der Waals surface area contributed by atoms with E-state index in [1.165, 1.54) is 6.07 Å². The first-order valence-corrected chi connectivity index (χ1v) is 8.33. The molecule has 3 aromatic rings. The third-order valence-electron chi connectivity index (χ3n) is 3.61. The van der Waals surface area contributed by atoms with Crippen LogP contribution in [0, 0.1) is 12.7 Å². The van der Waals surface area contributed by atoms with Crippen LogP contribution in [0.5, 0.6) is 0 Å². The highest BCUT2D eigenvalue weighted by Crippen LogP contribution is 2.19. The Morgan fingerprint density at radius 1 is 1.04 bits per heavy atom. The molecule has 0 amide bonds. The molecule has 1 aromatic heterocycles. The van der Waals surface area contributed by atoms with E-state index in [1.54, 1.807) is 12.1 Å². The molecule has 0 aliphatic rings. The van der Waals surface area contributed by atoms with E-state index in [2.05, 4.69) is 20.6 Å². The lowest BCUT2D eigenvalue weighted by Gasteiger charge is -2.10. The predicted octanol–water partition coefficient (Wildman–Crippen LogP) is 4.98. The van der Waals surface area contributed by atoms with Crippen LogP contribution in [0.1, 0.15) is 11.3 Å². The topological polar surface area (TPSA) is 49.8 Å². The number of hydrogen-bond donors (Lipinski definition) is 2. The molecule has 2 N–H and O–H groups in total. The van der Waals surface area contributed by atoms with Crippen molar-refractivity contribution in [3.8, 4) is 0 Å². The predicted molar refractivity (Wildman–Crippen MR) is 100 cm³/mol. The van der Waals surface area contributed by atoms with Crippen LogP contribution in [0.3, 0.4) is 0 Å². The van der Waals surface area contributed by atoms with Gasteiger partial charge in [-0.2, -0.15) is 4.98 Å².